The van der Waals surface area contributed by atoms with Gasteiger partial charge in [0.05, 0.1) is 17.0 Å². The molecule has 0 spiro atoms. The van der Waals surface area contributed by atoms with Gasteiger partial charge in [0.2, 0.25) is 6.79 Å². The van der Waals surface area contributed by atoms with E-state index in [1.165, 1.54) is 16.7 Å². The molecule has 2 aromatic heterocycles. The van der Waals surface area contributed by atoms with Crippen LogP contribution in [0.15, 0.2) is 70.5 Å². The molecule has 0 bridgehead atoms. The summed E-state index contributed by atoms with van der Waals surface area (Å²) in [6, 6.07) is 17.2. The maximum atomic E-state index is 14.0. The number of hydrogen-bond acceptors (Lipinski definition) is 9. The Balaban J connectivity index is 1.17. The van der Waals surface area contributed by atoms with Crippen LogP contribution in [0.1, 0.15) is 22.3 Å². The second kappa shape index (κ2) is 11.9. The zero-order valence-electron chi connectivity index (χ0n) is 23.9. The third-order valence-electron chi connectivity index (χ3n) is 7.94. The van der Waals surface area contributed by atoms with Crippen LogP contribution in [0.4, 0.5) is 5.82 Å². The van der Waals surface area contributed by atoms with Crippen molar-refractivity contribution in [1.82, 2.24) is 19.2 Å². The minimum atomic E-state index is -0.256. The number of fused-ring (bicyclic) bond motifs is 2. The fraction of sp³-hybridized carbons (Fsp3) is 0.250. The number of carbonyl (C=O) groups is 1. The van der Waals surface area contributed by atoms with Crippen molar-refractivity contribution < 1.29 is 14.3 Å². The summed E-state index contributed by atoms with van der Waals surface area (Å²) in [5.74, 6) is 1.86. The van der Waals surface area contributed by atoms with E-state index in [9.17, 15) is 9.59 Å². The lowest BCUT2D eigenvalue weighted by atomic mass is 10.1. The van der Waals surface area contributed by atoms with Crippen molar-refractivity contribution in [2.45, 2.75) is 20.0 Å². The van der Waals surface area contributed by atoms with Gasteiger partial charge in [-0.25, -0.2) is 4.98 Å². The molecule has 2 saturated heterocycles. The van der Waals surface area contributed by atoms with Crippen molar-refractivity contribution in [3.05, 3.63) is 103 Å². The Kier molecular flexibility index (Phi) is 7.79. The number of aryl methyl sites for hydroxylation is 1. The van der Waals surface area contributed by atoms with E-state index in [4.69, 9.17) is 38.3 Å². The number of ether oxygens (including phenoxy) is 2. The first-order valence-corrected chi connectivity index (χ1v) is 15.8. The van der Waals surface area contributed by atoms with Crippen LogP contribution in [0.5, 0.6) is 11.5 Å². The van der Waals surface area contributed by atoms with Crippen LogP contribution in [0.2, 0.25) is 5.02 Å². The van der Waals surface area contributed by atoms with Gasteiger partial charge in [0.15, 0.2) is 11.5 Å². The summed E-state index contributed by atoms with van der Waals surface area (Å²) in [6.07, 6.45) is 3.43. The average molecular weight is 646 g/mol. The van der Waals surface area contributed by atoms with Gasteiger partial charge in [-0.1, -0.05) is 65.9 Å². The lowest BCUT2D eigenvalue weighted by Crippen LogP contribution is -2.47. The number of carbonyl (C=O) groups excluding carboxylic acids is 1. The number of amides is 1. The number of aromatic nitrogens is 2. The largest absolute Gasteiger partial charge is 0.454 e. The molecule has 12 heteroatoms. The predicted octanol–water partition coefficient (Wildman–Crippen LogP) is 5.11. The van der Waals surface area contributed by atoms with E-state index in [2.05, 4.69) is 15.9 Å². The first-order valence-electron chi connectivity index (χ1n) is 14.2. The van der Waals surface area contributed by atoms with E-state index in [1.807, 2.05) is 49.4 Å². The molecule has 0 unspecified atom stereocenters. The summed E-state index contributed by atoms with van der Waals surface area (Å²) < 4.78 is 13.0. The molecule has 0 atom stereocenters. The molecule has 1 amide bonds. The number of thioether (sulfide) groups is 1. The molecule has 0 radical (unpaired) electrons. The van der Waals surface area contributed by atoms with Gasteiger partial charge in [0.25, 0.3) is 11.5 Å². The SMILES string of the molecule is Cc1ccc2nc(N3CCN(Cc4ccc5c(c4)OCO5)CC3)c(/C=C3/SC(=S)N(Cc4ccccc4Cl)C3=O)c(=O)n2c1. The van der Waals surface area contributed by atoms with Crippen molar-refractivity contribution in [3.8, 4) is 11.5 Å². The van der Waals surface area contributed by atoms with Crippen LogP contribution >= 0.6 is 35.6 Å². The van der Waals surface area contributed by atoms with E-state index >= 15 is 0 Å². The van der Waals surface area contributed by atoms with E-state index in [1.54, 1.807) is 22.7 Å². The van der Waals surface area contributed by atoms with Crippen molar-refractivity contribution in [1.29, 1.82) is 0 Å². The summed E-state index contributed by atoms with van der Waals surface area (Å²) in [4.78, 5) is 38.9. The second-order valence-corrected chi connectivity index (χ2v) is 13.0. The molecule has 224 valence electrons. The zero-order valence-corrected chi connectivity index (χ0v) is 26.3. The molecule has 7 rings (SSSR count). The highest BCUT2D eigenvalue weighted by atomic mass is 35.5. The van der Waals surface area contributed by atoms with Gasteiger partial charge in [-0.05, 0) is 54.0 Å². The summed E-state index contributed by atoms with van der Waals surface area (Å²) in [7, 11) is 0. The number of hydrogen-bond donors (Lipinski definition) is 0. The Morgan fingerprint density at radius 2 is 1.80 bits per heavy atom. The monoisotopic (exact) mass is 645 g/mol. The van der Waals surface area contributed by atoms with E-state index in [-0.39, 0.29) is 24.8 Å². The fourth-order valence-electron chi connectivity index (χ4n) is 5.59. The van der Waals surface area contributed by atoms with Crippen LogP contribution in [0.3, 0.4) is 0 Å². The number of piperazine rings is 1. The van der Waals surface area contributed by atoms with Gasteiger partial charge in [0, 0.05) is 43.9 Å². The molecule has 0 saturated carbocycles. The van der Waals surface area contributed by atoms with Crippen LogP contribution in [0, 0.1) is 6.92 Å². The Hall–Kier alpha value is -3.90. The normalized spacial score (nSPS) is 17.8. The summed E-state index contributed by atoms with van der Waals surface area (Å²) in [5.41, 5.74) is 3.59. The highest BCUT2D eigenvalue weighted by Crippen LogP contribution is 2.36. The van der Waals surface area contributed by atoms with Gasteiger partial charge in [-0.15, -0.1) is 0 Å². The highest BCUT2D eigenvalue weighted by molar-refractivity contribution is 8.26. The number of halogens is 1. The zero-order chi connectivity index (χ0) is 30.4. The second-order valence-electron chi connectivity index (χ2n) is 10.9. The average Bonchev–Trinajstić information content (AvgIpc) is 3.59. The Morgan fingerprint density at radius 1 is 1.00 bits per heavy atom. The van der Waals surface area contributed by atoms with Crippen molar-refractivity contribution in [3.63, 3.8) is 0 Å². The fourth-order valence-corrected chi connectivity index (χ4v) is 7.03. The van der Waals surface area contributed by atoms with Gasteiger partial charge >= 0.3 is 0 Å². The quantitative estimate of drug-likeness (QED) is 0.210. The molecule has 9 nitrogen and oxygen atoms in total. The summed E-state index contributed by atoms with van der Waals surface area (Å²) >= 11 is 13.1. The molecule has 0 aliphatic carbocycles. The van der Waals surface area contributed by atoms with Crippen molar-refractivity contribution in [2.75, 3.05) is 37.9 Å². The standard InChI is InChI=1S/C32H28ClN5O4S2/c1-20-6-9-28-34-29(36-12-10-35(11-13-36)17-21-7-8-25-26(14-21)42-19-41-25)23(30(39)37(28)16-20)15-27-31(40)38(32(43)44-27)18-22-4-2-3-5-24(22)33/h2-9,14-16H,10-13,17-19H2,1H3/b27-15+. The number of anilines is 1. The topological polar surface area (TPSA) is 79.6 Å². The van der Waals surface area contributed by atoms with Gasteiger partial charge < -0.3 is 14.4 Å². The number of thiocarbonyl (C=S) groups is 1. The summed E-state index contributed by atoms with van der Waals surface area (Å²) in [6.45, 7) is 6.13. The van der Waals surface area contributed by atoms with Gasteiger partial charge in [0.1, 0.15) is 15.8 Å². The maximum absolute atomic E-state index is 14.0. The molecule has 0 N–H and O–H groups in total. The van der Waals surface area contributed by atoms with E-state index < -0.39 is 0 Å². The van der Waals surface area contributed by atoms with Crippen LogP contribution < -0.4 is 19.9 Å². The Morgan fingerprint density at radius 3 is 2.61 bits per heavy atom. The van der Waals surface area contributed by atoms with Crippen molar-refractivity contribution in [2.24, 2.45) is 0 Å². The lowest BCUT2D eigenvalue weighted by molar-refractivity contribution is -0.122. The first-order chi connectivity index (χ1) is 21.3. The molecule has 3 aliphatic heterocycles. The predicted molar refractivity (Wildman–Crippen MR) is 176 cm³/mol. The minimum Gasteiger partial charge on any atom is -0.454 e. The van der Waals surface area contributed by atoms with Crippen LogP contribution in [-0.2, 0) is 17.9 Å². The first kappa shape index (κ1) is 28.8. The number of pyridine rings is 1. The highest BCUT2D eigenvalue weighted by Gasteiger charge is 2.33. The van der Waals surface area contributed by atoms with Gasteiger partial charge in [-0.3, -0.25) is 23.8 Å². The third kappa shape index (κ3) is 5.56. The van der Waals surface area contributed by atoms with E-state index in [0.717, 1.165) is 47.8 Å². The lowest BCUT2D eigenvalue weighted by Gasteiger charge is -2.36. The Labute approximate surface area is 268 Å². The van der Waals surface area contributed by atoms with E-state index in [0.29, 0.717) is 44.4 Å². The van der Waals surface area contributed by atoms with Crippen LogP contribution in [0.25, 0.3) is 11.7 Å². The summed E-state index contributed by atoms with van der Waals surface area (Å²) in [5, 5.41) is 0.567. The molecule has 44 heavy (non-hydrogen) atoms. The third-order valence-corrected chi connectivity index (χ3v) is 9.68. The minimum absolute atomic E-state index is 0.229. The van der Waals surface area contributed by atoms with Crippen LogP contribution in [-0.4, -0.2) is 62.4 Å². The Bertz CT molecular complexity index is 1900. The molecule has 5 heterocycles. The smallest absolute Gasteiger partial charge is 0.267 e. The van der Waals surface area contributed by atoms with Crippen molar-refractivity contribution >= 4 is 63.3 Å². The molecular weight excluding hydrogens is 618 g/mol. The molecule has 2 aromatic carbocycles. The molecule has 2 fully saturated rings. The number of nitrogens with zero attached hydrogens (tertiary/aromatic N) is 5. The molecule has 3 aliphatic rings. The molecule has 4 aromatic rings. The number of benzene rings is 2. The number of rotatable bonds is 6. The molecular formula is C32H28ClN5O4S2. The van der Waals surface area contributed by atoms with Gasteiger partial charge in [-0.2, -0.15) is 0 Å². The maximum Gasteiger partial charge on any atom is 0.267 e.